The molecule has 4 heteroatoms. The Morgan fingerprint density at radius 2 is 1.09 bits per heavy atom. The molecule has 1 aromatic heterocycles. The van der Waals surface area contributed by atoms with Gasteiger partial charge in [-0.25, -0.2) is 4.79 Å². The standard InChI is InChI=1S/C29H21O3P/c30-27(26-20-22-12-10-11-19-28(22)32-29(26)31)21-33(23-13-4-1-5-14-23,24-15-6-2-7-16-24)25-17-8-3-9-18-25/h1-21H. The Hall–Kier alpha value is -3.94. The number of carbonyl (C=O) groups is 1. The van der Waals surface area contributed by atoms with Gasteiger partial charge in [0.1, 0.15) is 11.1 Å². The maximum Gasteiger partial charge on any atom is 0.347 e. The molecule has 0 saturated heterocycles. The fourth-order valence-electron chi connectivity index (χ4n) is 4.14. The molecule has 5 rings (SSSR count). The molecule has 33 heavy (non-hydrogen) atoms. The van der Waals surface area contributed by atoms with Crippen LogP contribution in [0.15, 0.2) is 131 Å². The van der Waals surface area contributed by atoms with Crippen molar-refractivity contribution in [2.45, 2.75) is 0 Å². The summed E-state index contributed by atoms with van der Waals surface area (Å²) in [5.74, 6) is 1.42. The molecular formula is C29H21O3P. The largest absolute Gasteiger partial charge is 0.422 e. The quantitative estimate of drug-likeness (QED) is 0.221. The van der Waals surface area contributed by atoms with Gasteiger partial charge in [-0.2, -0.15) is 0 Å². The van der Waals surface area contributed by atoms with Crippen molar-refractivity contribution in [1.82, 2.24) is 0 Å². The summed E-state index contributed by atoms with van der Waals surface area (Å²) in [6.07, 6.45) is 0. The minimum atomic E-state index is -2.51. The fourth-order valence-corrected chi connectivity index (χ4v) is 7.90. The number of Topliss-reactive ketones (excluding diaryl/α,β-unsaturated/α-hetero) is 1. The average Bonchev–Trinajstić information content (AvgIpc) is 2.88. The van der Waals surface area contributed by atoms with E-state index in [0.717, 1.165) is 21.3 Å². The van der Waals surface area contributed by atoms with E-state index in [4.69, 9.17) is 4.42 Å². The summed E-state index contributed by atoms with van der Waals surface area (Å²) in [5.41, 5.74) is -0.114. The summed E-state index contributed by atoms with van der Waals surface area (Å²) in [6.45, 7) is -2.51. The second kappa shape index (κ2) is 8.90. The van der Waals surface area contributed by atoms with Crippen LogP contribution in [0.4, 0.5) is 0 Å². The maximum absolute atomic E-state index is 13.8. The van der Waals surface area contributed by atoms with Gasteiger partial charge in [0.15, 0.2) is 5.78 Å². The molecule has 0 aliphatic rings. The summed E-state index contributed by atoms with van der Waals surface area (Å²) >= 11 is 0. The molecule has 0 aliphatic carbocycles. The molecule has 3 nitrogen and oxygen atoms in total. The third-order valence-electron chi connectivity index (χ3n) is 5.71. The van der Waals surface area contributed by atoms with Crippen LogP contribution in [0.1, 0.15) is 10.4 Å². The number of benzene rings is 4. The van der Waals surface area contributed by atoms with Crippen LogP contribution in [0, 0.1) is 0 Å². The fraction of sp³-hybridized carbons (Fsp3) is 0. The Morgan fingerprint density at radius 3 is 1.61 bits per heavy atom. The zero-order chi connectivity index (χ0) is 22.7. The van der Waals surface area contributed by atoms with Crippen molar-refractivity contribution in [2.75, 3.05) is 0 Å². The zero-order valence-electron chi connectivity index (χ0n) is 17.8. The molecule has 0 unspecified atom stereocenters. The third-order valence-corrected chi connectivity index (χ3v) is 9.67. The van der Waals surface area contributed by atoms with Crippen molar-refractivity contribution in [1.29, 1.82) is 0 Å². The predicted octanol–water partition coefficient (Wildman–Crippen LogP) is 4.77. The first-order chi connectivity index (χ1) is 16.2. The van der Waals surface area contributed by atoms with Gasteiger partial charge in [-0.1, -0.05) is 109 Å². The number of ketones is 1. The number of rotatable bonds is 5. The molecule has 0 saturated carbocycles. The van der Waals surface area contributed by atoms with Gasteiger partial charge in [-0.3, -0.25) is 4.79 Å². The first-order valence-electron chi connectivity index (χ1n) is 10.7. The van der Waals surface area contributed by atoms with Gasteiger partial charge in [-0.15, -0.1) is 0 Å². The van der Waals surface area contributed by atoms with Gasteiger partial charge < -0.3 is 4.42 Å². The predicted molar refractivity (Wildman–Crippen MR) is 138 cm³/mol. The summed E-state index contributed by atoms with van der Waals surface area (Å²) in [6, 6.07) is 39.0. The van der Waals surface area contributed by atoms with Crippen LogP contribution in [-0.4, -0.2) is 11.6 Å². The van der Waals surface area contributed by atoms with Gasteiger partial charge in [0.25, 0.3) is 0 Å². The summed E-state index contributed by atoms with van der Waals surface area (Å²) in [5, 5.41) is 3.85. The van der Waals surface area contributed by atoms with Crippen LogP contribution in [0.2, 0.25) is 0 Å². The first-order valence-corrected chi connectivity index (χ1v) is 12.5. The molecule has 1 heterocycles. The van der Waals surface area contributed by atoms with Crippen molar-refractivity contribution in [3.8, 4) is 0 Å². The second-order valence-corrected chi connectivity index (χ2v) is 11.0. The molecule has 0 radical (unpaired) electrons. The van der Waals surface area contributed by atoms with Crippen molar-refractivity contribution in [3.63, 3.8) is 0 Å². The van der Waals surface area contributed by atoms with E-state index in [0.29, 0.717) is 5.58 Å². The Morgan fingerprint density at radius 1 is 0.636 bits per heavy atom. The monoisotopic (exact) mass is 448 g/mol. The minimum absolute atomic E-state index is 0.0425. The third kappa shape index (κ3) is 3.88. The maximum atomic E-state index is 13.8. The van der Waals surface area contributed by atoms with E-state index in [-0.39, 0.29) is 11.3 Å². The van der Waals surface area contributed by atoms with Crippen molar-refractivity contribution in [3.05, 3.63) is 137 Å². The summed E-state index contributed by atoms with van der Waals surface area (Å²) < 4.78 is 5.46. The van der Waals surface area contributed by atoms with Crippen molar-refractivity contribution in [2.24, 2.45) is 0 Å². The molecule has 160 valence electrons. The van der Waals surface area contributed by atoms with Crippen LogP contribution in [-0.2, 0) is 0 Å². The first kappa shape index (κ1) is 20.9. The molecule has 0 aliphatic heterocycles. The van der Waals surface area contributed by atoms with Gasteiger partial charge in [0.05, 0.1) is 0 Å². The van der Waals surface area contributed by atoms with E-state index < -0.39 is 12.5 Å². The summed E-state index contributed by atoms with van der Waals surface area (Å²) in [4.78, 5) is 26.5. The Bertz CT molecular complexity index is 1430. The highest BCUT2D eigenvalue weighted by molar-refractivity contribution is 7.95. The molecule has 0 amide bonds. The van der Waals surface area contributed by atoms with Crippen molar-refractivity contribution >= 4 is 45.3 Å². The molecule has 0 fully saturated rings. The van der Waals surface area contributed by atoms with Crippen molar-refractivity contribution < 1.29 is 9.21 Å². The number of para-hydroxylation sites is 1. The highest BCUT2D eigenvalue weighted by Gasteiger charge is 2.27. The molecular weight excluding hydrogens is 427 g/mol. The number of carbonyl (C=O) groups excluding carboxylic acids is 1. The Balaban J connectivity index is 1.84. The normalized spacial score (nSPS) is 11.3. The minimum Gasteiger partial charge on any atom is -0.422 e. The van der Waals surface area contributed by atoms with Gasteiger partial charge in [0.2, 0.25) is 0 Å². The second-order valence-electron chi connectivity index (χ2n) is 7.71. The highest BCUT2D eigenvalue weighted by atomic mass is 31.2. The SMILES string of the molecule is O=C(C=P(c1ccccc1)(c1ccccc1)c1ccccc1)c1cc2ccccc2oc1=O. The number of fused-ring (bicyclic) bond motifs is 1. The van der Waals surface area contributed by atoms with Gasteiger partial charge >= 0.3 is 5.63 Å². The average molecular weight is 448 g/mol. The smallest absolute Gasteiger partial charge is 0.347 e. The highest BCUT2D eigenvalue weighted by Crippen LogP contribution is 2.43. The molecule has 0 N–H and O–H groups in total. The number of hydrogen-bond donors (Lipinski definition) is 0. The van der Waals surface area contributed by atoms with E-state index >= 15 is 0 Å². The zero-order valence-corrected chi connectivity index (χ0v) is 18.7. The van der Waals surface area contributed by atoms with Gasteiger partial charge in [-0.05, 0) is 40.7 Å². The lowest BCUT2D eigenvalue weighted by Crippen LogP contribution is -2.29. The van der Waals surface area contributed by atoms with E-state index in [2.05, 4.69) is 36.4 Å². The Labute approximate surface area is 191 Å². The van der Waals surface area contributed by atoms with E-state index in [1.165, 1.54) is 0 Å². The molecule has 0 bridgehead atoms. The summed E-state index contributed by atoms with van der Waals surface area (Å²) in [7, 11) is 0. The van der Waals surface area contributed by atoms with E-state index in [1.54, 1.807) is 24.0 Å². The molecule has 0 atom stereocenters. The van der Waals surface area contributed by atoms with Crippen LogP contribution in [0.5, 0.6) is 0 Å². The van der Waals surface area contributed by atoms with Crippen LogP contribution in [0.3, 0.4) is 0 Å². The van der Waals surface area contributed by atoms with Crippen LogP contribution >= 0.6 is 6.89 Å². The lowest BCUT2D eigenvalue weighted by atomic mass is 10.1. The van der Waals surface area contributed by atoms with E-state index in [1.807, 2.05) is 66.7 Å². The van der Waals surface area contributed by atoms with E-state index in [9.17, 15) is 9.59 Å². The number of hydrogen-bond acceptors (Lipinski definition) is 3. The molecule has 5 aromatic rings. The lowest BCUT2D eigenvalue weighted by molar-refractivity contribution is 0.107. The Kier molecular flexibility index (Phi) is 5.64. The van der Waals surface area contributed by atoms with Crippen LogP contribution in [0.25, 0.3) is 11.0 Å². The van der Waals surface area contributed by atoms with Crippen LogP contribution < -0.4 is 21.5 Å². The lowest BCUT2D eigenvalue weighted by Gasteiger charge is -2.28. The molecule has 0 spiro atoms. The topological polar surface area (TPSA) is 47.3 Å². The molecule has 4 aromatic carbocycles. The van der Waals surface area contributed by atoms with Gasteiger partial charge in [0, 0.05) is 5.39 Å².